The van der Waals surface area contributed by atoms with Crippen molar-refractivity contribution < 1.29 is 0 Å². The van der Waals surface area contributed by atoms with E-state index in [2.05, 4.69) is 73.8 Å². The fraction of sp³-hybridized carbons (Fsp3) is 0.429. The molecule has 0 N–H and O–H groups in total. The van der Waals surface area contributed by atoms with Crippen LogP contribution in [-0.4, -0.2) is 19.6 Å². The second kappa shape index (κ2) is 7.77. The molecule has 3 heteroatoms. The molecular formula is C21H29PSSi. The summed E-state index contributed by atoms with van der Waals surface area (Å²) in [4.78, 5) is 0. The lowest BCUT2D eigenvalue weighted by atomic mass is 10.1. The SMILES string of the molecule is C[Si](C)(CS)C1(CP(c2ccccc2)c2ccccc2)CCCC1. The standard InChI is InChI=1S/C21H29PSSi/c1-24(2,18-23)21(15-9-10-16-21)17-22(19-11-5-3-6-12-19)20-13-7-4-8-14-20/h3-8,11-14,23H,9-10,15-18H2,1-2H3. The molecule has 1 saturated carbocycles. The third-order valence-corrected chi connectivity index (χ3v) is 15.8. The summed E-state index contributed by atoms with van der Waals surface area (Å²) in [5, 5.41) is 4.74. The number of thiol groups is 1. The van der Waals surface area contributed by atoms with Gasteiger partial charge < -0.3 is 0 Å². The second-order valence-corrected chi connectivity index (χ2v) is 16.1. The molecule has 2 aromatic carbocycles. The first-order valence-corrected chi connectivity index (χ1v) is 14.4. The van der Waals surface area contributed by atoms with Crippen LogP contribution in [0.25, 0.3) is 0 Å². The summed E-state index contributed by atoms with van der Waals surface area (Å²) >= 11 is 4.80. The molecule has 1 aliphatic rings. The van der Waals surface area contributed by atoms with Gasteiger partial charge in [0.1, 0.15) is 0 Å². The van der Waals surface area contributed by atoms with Crippen molar-refractivity contribution in [2.45, 2.75) is 43.8 Å². The first-order valence-electron chi connectivity index (χ1n) is 9.07. The Bertz CT molecular complexity index is 596. The maximum absolute atomic E-state index is 4.80. The highest BCUT2D eigenvalue weighted by Gasteiger charge is 2.48. The fourth-order valence-electron chi connectivity index (χ4n) is 4.12. The molecule has 3 rings (SSSR count). The Hall–Kier alpha value is -0.563. The summed E-state index contributed by atoms with van der Waals surface area (Å²) in [6, 6.07) is 22.5. The Morgan fingerprint density at radius 3 is 1.75 bits per heavy atom. The van der Waals surface area contributed by atoms with Crippen molar-refractivity contribution in [3.8, 4) is 0 Å². The lowest BCUT2D eigenvalue weighted by Crippen LogP contribution is -2.46. The number of benzene rings is 2. The van der Waals surface area contributed by atoms with E-state index in [-0.39, 0.29) is 7.92 Å². The summed E-state index contributed by atoms with van der Waals surface area (Å²) < 4.78 is 0. The molecular weight excluding hydrogens is 343 g/mol. The van der Waals surface area contributed by atoms with Crippen LogP contribution in [0.4, 0.5) is 0 Å². The average Bonchev–Trinajstić information content (AvgIpc) is 3.12. The Morgan fingerprint density at radius 2 is 1.33 bits per heavy atom. The second-order valence-electron chi connectivity index (χ2n) is 7.79. The van der Waals surface area contributed by atoms with Crippen LogP contribution >= 0.6 is 20.6 Å². The average molecular weight is 373 g/mol. The van der Waals surface area contributed by atoms with E-state index in [9.17, 15) is 0 Å². The topological polar surface area (TPSA) is 0 Å². The van der Waals surface area contributed by atoms with Gasteiger partial charge >= 0.3 is 0 Å². The molecule has 0 saturated heterocycles. The van der Waals surface area contributed by atoms with Gasteiger partial charge in [-0.25, -0.2) is 0 Å². The first kappa shape index (κ1) is 18.2. The van der Waals surface area contributed by atoms with Gasteiger partial charge in [-0.15, -0.1) is 0 Å². The van der Waals surface area contributed by atoms with Gasteiger partial charge in [0.15, 0.2) is 0 Å². The number of rotatable bonds is 6. The Morgan fingerprint density at radius 1 is 0.875 bits per heavy atom. The zero-order valence-electron chi connectivity index (χ0n) is 14.9. The fourth-order valence-corrected chi connectivity index (χ4v) is 12.0. The van der Waals surface area contributed by atoms with E-state index in [1.165, 1.54) is 42.5 Å². The van der Waals surface area contributed by atoms with Gasteiger partial charge in [0.05, 0.1) is 8.07 Å². The third kappa shape index (κ3) is 3.66. The van der Waals surface area contributed by atoms with Crippen molar-refractivity contribution in [1.29, 1.82) is 0 Å². The lowest BCUT2D eigenvalue weighted by Gasteiger charge is -2.45. The quantitative estimate of drug-likeness (QED) is 0.380. The predicted octanol–water partition coefficient (Wildman–Crippen LogP) is 5.61. The molecule has 0 spiro atoms. The molecule has 2 aromatic rings. The molecule has 0 amide bonds. The van der Waals surface area contributed by atoms with Gasteiger partial charge in [-0.3, -0.25) is 0 Å². The number of hydrogen-bond donors (Lipinski definition) is 1. The summed E-state index contributed by atoms with van der Waals surface area (Å²) in [5.74, 6) is 0. The summed E-state index contributed by atoms with van der Waals surface area (Å²) in [6.07, 6.45) is 7.03. The van der Waals surface area contributed by atoms with Crippen LogP contribution < -0.4 is 10.6 Å². The molecule has 1 fully saturated rings. The van der Waals surface area contributed by atoms with Crippen molar-refractivity contribution in [3.05, 3.63) is 60.7 Å². The Labute approximate surface area is 155 Å². The van der Waals surface area contributed by atoms with Crippen molar-refractivity contribution in [3.63, 3.8) is 0 Å². The van der Waals surface area contributed by atoms with E-state index in [4.69, 9.17) is 12.6 Å². The van der Waals surface area contributed by atoms with Crippen LogP contribution in [0.3, 0.4) is 0 Å². The summed E-state index contributed by atoms with van der Waals surface area (Å²) in [5.41, 5.74) is 0. The Kier molecular flexibility index (Phi) is 5.90. The smallest absolute Gasteiger partial charge is 0.0640 e. The minimum atomic E-state index is -1.34. The zero-order chi connectivity index (χ0) is 17.0. The maximum Gasteiger partial charge on any atom is 0.0640 e. The molecule has 0 heterocycles. The predicted molar refractivity (Wildman–Crippen MR) is 116 cm³/mol. The van der Waals surface area contributed by atoms with E-state index in [1.807, 2.05) is 0 Å². The minimum Gasteiger partial charge on any atom is -0.182 e. The molecule has 0 radical (unpaired) electrons. The molecule has 0 aliphatic heterocycles. The zero-order valence-corrected chi connectivity index (χ0v) is 17.7. The molecule has 0 aromatic heterocycles. The highest BCUT2D eigenvalue weighted by atomic mass is 32.1. The Balaban J connectivity index is 2.00. The summed E-state index contributed by atoms with van der Waals surface area (Å²) in [6.45, 7) is 5.16. The van der Waals surface area contributed by atoms with Gasteiger partial charge in [0.25, 0.3) is 0 Å². The molecule has 128 valence electrons. The molecule has 0 unspecified atom stereocenters. The van der Waals surface area contributed by atoms with Gasteiger partial charge in [0.2, 0.25) is 0 Å². The van der Waals surface area contributed by atoms with Crippen molar-refractivity contribution in [2.24, 2.45) is 0 Å². The van der Waals surface area contributed by atoms with Gasteiger partial charge in [-0.05, 0) is 47.9 Å². The van der Waals surface area contributed by atoms with Gasteiger partial charge in [-0.2, -0.15) is 12.6 Å². The van der Waals surface area contributed by atoms with E-state index in [0.29, 0.717) is 5.04 Å². The van der Waals surface area contributed by atoms with Crippen LogP contribution in [0.5, 0.6) is 0 Å². The monoisotopic (exact) mass is 372 g/mol. The summed E-state index contributed by atoms with van der Waals surface area (Å²) in [7, 11) is -1.62. The molecule has 1 aliphatic carbocycles. The molecule has 24 heavy (non-hydrogen) atoms. The van der Waals surface area contributed by atoms with Gasteiger partial charge in [0, 0.05) is 0 Å². The molecule has 0 atom stereocenters. The third-order valence-electron chi connectivity index (χ3n) is 5.99. The highest BCUT2D eigenvalue weighted by molar-refractivity contribution is 7.82. The van der Waals surface area contributed by atoms with Crippen molar-refractivity contribution >= 4 is 39.2 Å². The maximum atomic E-state index is 4.80. The molecule has 0 nitrogen and oxygen atoms in total. The van der Waals surface area contributed by atoms with E-state index >= 15 is 0 Å². The first-order chi connectivity index (χ1) is 11.6. The van der Waals surface area contributed by atoms with Crippen molar-refractivity contribution in [1.82, 2.24) is 0 Å². The normalized spacial score (nSPS) is 17.3. The van der Waals surface area contributed by atoms with Crippen LogP contribution in [-0.2, 0) is 0 Å². The van der Waals surface area contributed by atoms with Gasteiger partial charge in [-0.1, -0.05) is 86.6 Å². The lowest BCUT2D eigenvalue weighted by molar-refractivity contribution is 0.615. The van der Waals surface area contributed by atoms with E-state index < -0.39 is 8.07 Å². The van der Waals surface area contributed by atoms with Crippen LogP contribution in [0.1, 0.15) is 25.7 Å². The van der Waals surface area contributed by atoms with E-state index in [1.54, 1.807) is 0 Å². The minimum absolute atomic E-state index is 0.280. The van der Waals surface area contributed by atoms with Crippen molar-refractivity contribution in [2.75, 3.05) is 11.5 Å². The van der Waals surface area contributed by atoms with Crippen LogP contribution in [0, 0.1) is 0 Å². The van der Waals surface area contributed by atoms with Crippen LogP contribution in [0.15, 0.2) is 60.7 Å². The van der Waals surface area contributed by atoms with E-state index in [0.717, 1.165) is 5.38 Å². The molecule has 0 bridgehead atoms. The largest absolute Gasteiger partial charge is 0.182 e. The highest BCUT2D eigenvalue weighted by Crippen LogP contribution is 2.58. The number of hydrogen-bond acceptors (Lipinski definition) is 1. The van der Waals surface area contributed by atoms with Crippen LogP contribution in [0.2, 0.25) is 18.1 Å².